The zero-order valence-corrected chi connectivity index (χ0v) is 12.0. The molecule has 0 saturated carbocycles. The fraction of sp³-hybridized carbons (Fsp3) is 0.385. The third-order valence-corrected chi connectivity index (χ3v) is 3.32. The summed E-state index contributed by atoms with van der Waals surface area (Å²) in [4.78, 5) is 0. The Hall–Kier alpha value is -1.99. The lowest BCUT2D eigenvalue weighted by Gasteiger charge is -2.20. The molecule has 0 amide bonds. The lowest BCUT2D eigenvalue weighted by Crippen LogP contribution is -2.15. The van der Waals surface area contributed by atoms with Gasteiger partial charge in [0, 0.05) is 12.1 Å². The van der Waals surface area contributed by atoms with E-state index in [1.165, 1.54) is 0 Å². The molecule has 2 N–H and O–H groups in total. The molecule has 1 aliphatic rings. The summed E-state index contributed by atoms with van der Waals surface area (Å²) < 4.78 is 12.6. The van der Waals surface area contributed by atoms with E-state index in [9.17, 15) is 0 Å². The second-order valence-electron chi connectivity index (χ2n) is 4.53. The Bertz CT molecular complexity index is 632. The third kappa shape index (κ3) is 3.20. The van der Waals surface area contributed by atoms with E-state index in [0.717, 1.165) is 11.4 Å². The number of fused-ring (bicyclic) bond motifs is 1. The van der Waals surface area contributed by atoms with Crippen LogP contribution in [0.25, 0.3) is 0 Å². The zero-order valence-electron chi connectivity index (χ0n) is 11.3. The molecule has 2 heterocycles. The smallest absolute Gasteiger partial charge is 0.163 e. The van der Waals surface area contributed by atoms with Gasteiger partial charge >= 0.3 is 0 Å². The van der Waals surface area contributed by atoms with Gasteiger partial charge in [-0.3, -0.25) is 0 Å². The molecular weight excluding hydrogens is 296 g/mol. The van der Waals surface area contributed by atoms with Crippen molar-refractivity contribution in [1.29, 1.82) is 0 Å². The number of hydrogen-bond donors (Lipinski definition) is 2. The standard InChI is InChI=1S/C13H15ClN4O3/c14-10-5-12-13(21-4-3-20-12)6-11(10)15-7-9-8-18(1-2-19)17-16-9/h5-6,8,15,19H,1-4,7H2. The van der Waals surface area contributed by atoms with Crippen molar-refractivity contribution in [3.63, 3.8) is 0 Å². The van der Waals surface area contributed by atoms with E-state index in [1.54, 1.807) is 16.9 Å². The predicted octanol–water partition coefficient (Wildman–Crippen LogP) is 1.31. The highest BCUT2D eigenvalue weighted by Crippen LogP contribution is 2.38. The van der Waals surface area contributed by atoms with Crippen LogP contribution < -0.4 is 14.8 Å². The number of aliphatic hydroxyl groups excluding tert-OH is 1. The van der Waals surface area contributed by atoms with Crippen molar-refractivity contribution in [2.45, 2.75) is 13.1 Å². The van der Waals surface area contributed by atoms with E-state index < -0.39 is 0 Å². The maximum absolute atomic E-state index is 8.84. The van der Waals surface area contributed by atoms with Gasteiger partial charge in [0.15, 0.2) is 11.5 Å². The first-order chi connectivity index (χ1) is 10.3. The molecular formula is C13H15ClN4O3. The van der Waals surface area contributed by atoms with Crippen LogP contribution in [0.3, 0.4) is 0 Å². The highest BCUT2D eigenvalue weighted by Gasteiger charge is 2.15. The van der Waals surface area contributed by atoms with Gasteiger partial charge in [-0.25, -0.2) is 4.68 Å². The molecule has 3 rings (SSSR count). The first-order valence-electron chi connectivity index (χ1n) is 6.59. The molecule has 1 aromatic heterocycles. The van der Waals surface area contributed by atoms with E-state index in [2.05, 4.69) is 15.6 Å². The Labute approximate surface area is 126 Å². The van der Waals surface area contributed by atoms with Crippen LogP contribution in [0.15, 0.2) is 18.3 Å². The number of aliphatic hydroxyl groups is 1. The molecule has 0 fully saturated rings. The van der Waals surface area contributed by atoms with E-state index >= 15 is 0 Å². The fourth-order valence-electron chi connectivity index (χ4n) is 2.02. The lowest BCUT2D eigenvalue weighted by molar-refractivity contribution is 0.171. The van der Waals surface area contributed by atoms with Gasteiger partial charge in [-0.2, -0.15) is 0 Å². The van der Waals surface area contributed by atoms with Crippen LogP contribution >= 0.6 is 11.6 Å². The molecule has 0 radical (unpaired) electrons. The summed E-state index contributed by atoms with van der Waals surface area (Å²) >= 11 is 6.21. The van der Waals surface area contributed by atoms with Crippen LogP contribution in [0.4, 0.5) is 5.69 Å². The van der Waals surface area contributed by atoms with Crippen LogP contribution in [0.1, 0.15) is 5.69 Å². The molecule has 7 nitrogen and oxygen atoms in total. The van der Waals surface area contributed by atoms with Crippen LogP contribution in [0.5, 0.6) is 11.5 Å². The van der Waals surface area contributed by atoms with Crippen molar-refractivity contribution < 1.29 is 14.6 Å². The number of nitrogens with one attached hydrogen (secondary N) is 1. The maximum Gasteiger partial charge on any atom is 0.163 e. The van der Waals surface area contributed by atoms with Crippen molar-refractivity contribution in [2.75, 3.05) is 25.1 Å². The van der Waals surface area contributed by atoms with Crippen LogP contribution in [-0.2, 0) is 13.1 Å². The summed E-state index contributed by atoms with van der Waals surface area (Å²) in [6, 6.07) is 3.55. The van der Waals surface area contributed by atoms with Gasteiger partial charge < -0.3 is 19.9 Å². The monoisotopic (exact) mass is 310 g/mol. The maximum atomic E-state index is 8.84. The van der Waals surface area contributed by atoms with Crippen molar-refractivity contribution in [3.05, 3.63) is 29.0 Å². The third-order valence-electron chi connectivity index (χ3n) is 3.01. The normalized spacial score (nSPS) is 13.2. The topological polar surface area (TPSA) is 81.4 Å². The Morgan fingerprint density at radius 1 is 1.29 bits per heavy atom. The Morgan fingerprint density at radius 3 is 2.81 bits per heavy atom. The Morgan fingerprint density at radius 2 is 2.05 bits per heavy atom. The minimum absolute atomic E-state index is 0.0320. The minimum atomic E-state index is 0.0320. The molecule has 0 atom stereocenters. The summed E-state index contributed by atoms with van der Waals surface area (Å²) in [5.41, 5.74) is 1.51. The molecule has 1 aromatic carbocycles. The van der Waals surface area contributed by atoms with E-state index in [-0.39, 0.29) is 6.61 Å². The number of hydrogen-bond acceptors (Lipinski definition) is 6. The quantitative estimate of drug-likeness (QED) is 0.866. The Kier molecular flexibility index (Phi) is 4.12. The molecule has 0 spiro atoms. The Balaban J connectivity index is 1.69. The lowest BCUT2D eigenvalue weighted by atomic mass is 10.2. The average Bonchev–Trinajstić information content (AvgIpc) is 2.93. The van der Waals surface area contributed by atoms with Gasteiger partial charge in [0.1, 0.15) is 18.9 Å². The van der Waals surface area contributed by atoms with Gasteiger partial charge in [0.25, 0.3) is 0 Å². The summed E-state index contributed by atoms with van der Waals surface area (Å²) in [5, 5.41) is 20.5. The van der Waals surface area contributed by atoms with Crippen molar-refractivity contribution in [3.8, 4) is 11.5 Å². The summed E-state index contributed by atoms with van der Waals surface area (Å²) in [6.07, 6.45) is 1.77. The van der Waals surface area contributed by atoms with Crippen LogP contribution in [0.2, 0.25) is 5.02 Å². The average molecular weight is 311 g/mol. The van der Waals surface area contributed by atoms with Gasteiger partial charge in [-0.15, -0.1) is 5.10 Å². The van der Waals surface area contributed by atoms with Gasteiger partial charge in [-0.05, 0) is 0 Å². The number of nitrogens with zero attached hydrogens (tertiary/aromatic N) is 3. The van der Waals surface area contributed by atoms with Crippen LogP contribution in [0, 0.1) is 0 Å². The predicted molar refractivity (Wildman–Crippen MR) is 76.9 cm³/mol. The number of benzene rings is 1. The second-order valence-corrected chi connectivity index (χ2v) is 4.93. The molecule has 0 bridgehead atoms. The fourth-order valence-corrected chi connectivity index (χ4v) is 2.24. The largest absolute Gasteiger partial charge is 0.486 e. The first kappa shape index (κ1) is 14.0. The minimum Gasteiger partial charge on any atom is -0.486 e. The van der Waals surface area contributed by atoms with Crippen molar-refractivity contribution in [2.24, 2.45) is 0 Å². The van der Waals surface area contributed by atoms with Gasteiger partial charge in [0.2, 0.25) is 0 Å². The molecule has 21 heavy (non-hydrogen) atoms. The number of rotatable bonds is 5. The number of halogens is 1. The number of ether oxygens (including phenoxy) is 2. The highest BCUT2D eigenvalue weighted by molar-refractivity contribution is 6.33. The molecule has 8 heteroatoms. The highest BCUT2D eigenvalue weighted by atomic mass is 35.5. The molecule has 0 aliphatic carbocycles. The summed E-state index contributed by atoms with van der Waals surface area (Å²) in [6.45, 7) is 2.00. The molecule has 2 aromatic rings. The molecule has 0 unspecified atom stereocenters. The number of aromatic nitrogens is 3. The van der Waals surface area contributed by atoms with Crippen molar-refractivity contribution >= 4 is 17.3 Å². The SMILES string of the molecule is OCCn1cc(CNc2cc3c(cc2Cl)OCCO3)nn1. The summed E-state index contributed by atoms with van der Waals surface area (Å²) in [7, 11) is 0. The zero-order chi connectivity index (χ0) is 14.7. The van der Waals surface area contributed by atoms with E-state index in [0.29, 0.717) is 42.8 Å². The van der Waals surface area contributed by atoms with E-state index in [4.69, 9.17) is 26.2 Å². The van der Waals surface area contributed by atoms with Crippen molar-refractivity contribution in [1.82, 2.24) is 15.0 Å². The molecule has 112 valence electrons. The van der Waals surface area contributed by atoms with E-state index in [1.807, 2.05) is 6.07 Å². The van der Waals surface area contributed by atoms with Crippen LogP contribution in [-0.4, -0.2) is 39.9 Å². The number of anilines is 1. The molecule has 0 saturated heterocycles. The van der Waals surface area contributed by atoms with Gasteiger partial charge in [-0.1, -0.05) is 16.8 Å². The van der Waals surface area contributed by atoms with Gasteiger partial charge in [0.05, 0.1) is 36.6 Å². The second kappa shape index (κ2) is 6.19. The summed E-state index contributed by atoms with van der Waals surface area (Å²) in [5.74, 6) is 1.34. The molecule has 1 aliphatic heterocycles. The first-order valence-corrected chi connectivity index (χ1v) is 6.97.